The van der Waals surface area contributed by atoms with Crippen molar-refractivity contribution in [3.8, 4) is 44.9 Å². The maximum atomic E-state index is 6.68. The highest BCUT2D eigenvalue weighted by atomic mass is 16.5. The number of nitrogens with zero attached hydrogens (tertiary/aromatic N) is 3. The molecule has 3 heterocycles. The highest BCUT2D eigenvalue weighted by molar-refractivity contribution is 6.16. The molecule has 2 aliphatic heterocycles. The number of pyridine rings is 1. The molecule has 1 aromatic heterocycles. The van der Waals surface area contributed by atoms with Crippen molar-refractivity contribution in [2.75, 3.05) is 0 Å². The van der Waals surface area contributed by atoms with Gasteiger partial charge in [0.15, 0.2) is 6.17 Å². The predicted molar refractivity (Wildman–Crippen MR) is 234 cm³/mol. The Bertz CT molecular complexity index is 2920. The SMILES string of the molecule is Cc1ccc(-c2ccc(C3=NC(c4ccccc4)N=C(c4ccc(-c5ccc6c(c5)C5(c7ccccc7O6)c6ccccc6-c6ccccc65)cc4)N3)cc2)c(C)n1. The van der Waals surface area contributed by atoms with Crippen LogP contribution in [0.15, 0.2) is 192 Å². The smallest absolute Gasteiger partial charge is 0.169 e. The number of amidine groups is 2. The van der Waals surface area contributed by atoms with Gasteiger partial charge in [-0.2, -0.15) is 0 Å². The Morgan fingerprint density at radius 3 is 1.64 bits per heavy atom. The summed E-state index contributed by atoms with van der Waals surface area (Å²) in [5.41, 5.74) is 16.4. The molecule has 0 fully saturated rings. The summed E-state index contributed by atoms with van der Waals surface area (Å²) in [4.78, 5) is 14.9. The quantitative estimate of drug-likeness (QED) is 0.191. The topological polar surface area (TPSA) is 58.9 Å². The van der Waals surface area contributed by atoms with Crippen molar-refractivity contribution in [3.05, 3.63) is 232 Å². The van der Waals surface area contributed by atoms with Crippen molar-refractivity contribution in [1.29, 1.82) is 0 Å². The molecule has 7 aromatic carbocycles. The van der Waals surface area contributed by atoms with Crippen LogP contribution >= 0.6 is 0 Å². The number of benzene rings is 7. The van der Waals surface area contributed by atoms with Crippen LogP contribution < -0.4 is 10.1 Å². The molecule has 1 N–H and O–H groups in total. The van der Waals surface area contributed by atoms with Gasteiger partial charge < -0.3 is 10.1 Å². The first-order valence-corrected chi connectivity index (χ1v) is 19.8. The molecule has 276 valence electrons. The van der Waals surface area contributed by atoms with Crippen LogP contribution in [-0.4, -0.2) is 16.7 Å². The lowest BCUT2D eigenvalue weighted by atomic mass is 9.66. The highest BCUT2D eigenvalue weighted by Gasteiger charge is 2.51. The van der Waals surface area contributed by atoms with Crippen LogP contribution in [0, 0.1) is 13.8 Å². The zero-order valence-corrected chi connectivity index (χ0v) is 32.1. The summed E-state index contributed by atoms with van der Waals surface area (Å²) in [6.07, 6.45) is -0.382. The van der Waals surface area contributed by atoms with Gasteiger partial charge in [0.05, 0.1) is 5.41 Å². The first-order chi connectivity index (χ1) is 28.5. The van der Waals surface area contributed by atoms with E-state index in [4.69, 9.17) is 14.7 Å². The second kappa shape index (κ2) is 13.4. The highest BCUT2D eigenvalue weighted by Crippen LogP contribution is 2.62. The number of aliphatic imine (C=N–C) groups is 2. The minimum atomic E-state index is -0.510. The van der Waals surface area contributed by atoms with E-state index in [0.29, 0.717) is 0 Å². The van der Waals surface area contributed by atoms with E-state index in [1.165, 1.54) is 22.3 Å². The van der Waals surface area contributed by atoms with Crippen molar-refractivity contribution in [2.45, 2.75) is 25.4 Å². The number of hydrogen-bond acceptors (Lipinski definition) is 5. The number of ether oxygens (including phenoxy) is 1. The number of para-hydroxylation sites is 1. The van der Waals surface area contributed by atoms with Crippen molar-refractivity contribution in [2.24, 2.45) is 9.98 Å². The maximum Gasteiger partial charge on any atom is 0.169 e. The van der Waals surface area contributed by atoms with Gasteiger partial charge in [0.1, 0.15) is 23.2 Å². The molecule has 0 saturated heterocycles. The lowest BCUT2D eigenvalue weighted by Gasteiger charge is -2.39. The summed E-state index contributed by atoms with van der Waals surface area (Å²) < 4.78 is 6.68. The second-order valence-electron chi connectivity index (χ2n) is 15.3. The molecule has 0 bridgehead atoms. The zero-order valence-electron chi connectivity index (χ0n) is 32.1. The third-order valence-corrected chi connectivity index (χ3v) is 11.9. The molecule has 11 rings (SSSR count). The van der Waals surface area contributed by atoms with Crippen LogP contribution in [0.3, 0.4) is 0 Å². The second-order valence-corrected chi connectivity index (χ2v) is 15.3. The minimum Gasteiger partial charge on any atom is -0.457 e. The molecule has 0 amide bonds. The molecule has 1 spiro atoms. The van der Waals surface area contributed by atoms with E-state index in [0.717, 1.165) is 84.6 Å². The molecule has 0 saturated carbocycles. The van der Waals surface area contributed by atoms with E-state index in [1.807, 2.05) is 25.1 Å². The van der Waals surface area contributed by atoms with Crippen LogP contribution in [0.25, 0.3) is 33.4 Å². The lowest BCUT2D eigenvalue weighted by molar-refractivity contribution is 0.436. The molecular formula is C53H38N4O. The Kier molecular flexibility index (Phi) is 7.83. The summed E-state index contributed by atoms with van der Waals surface area (Å²) in [5.74, 6) is 3.33. The standard InChI is InChI=1S/C53H38N4O/c1-33-20-30-41(34(2)54-33)36-23-27-39(28-24-36)52-56-50(37-12-4-3-5-13-37)55-51(57-52)38-25-21-35(22-26-38)40-29-31-49-47(32-40)53(46-18-10-11-19-48(46)58-49)44-16-8-6-14-42(44)43-15-7-9-17-45(43)53/h3-32,50H,1-2H3,(H,55,56,57). The summed E-state index contributed by atoms with van der Waals surface area (Å²) in [7, 11) is 0. The Labute approximate surface area is 338 Å². The molecule has 8 aromatic rings. The summed E-state index contributed by atoms with van der Waals surface area (Å²) >= 11 is 0. The summed E-state index contributed by atoms with van der Waals surface area (Å²) in [6.45, 7) is 4.08. The average molecular weight is 747 g/mol. The van der Waals surface area contributed by atoms with Gasteiger partial charge in [0, 0.05) is 39.2 Å². The van der Waals surface area contributed by atoms with E-state index in [2.05, 4.69) is 181 Å². The van der Waals surface area contributed by atoms with E-state index in [9.17, 15) is 0 Å². The van der Waals surface area contributed by atoms with E-state index >= 15 is 0 Å². The van der Waals surface area contributed by atoms with E-state index in [1.54, 1.807) is 0 Å². The van der Waals surface area contributed by atoms with Crippen LogP contribution in [0.1, 0.15) is 56.5 Å². The van der Waals surface area contributed by atoms with Crippen LogP contribution in [0.2, 0.25) is 0 Å². The van der Waals surface area contributed by atoms with Crippen molar-refractivity contribution >= 4 is 11.7 Å². The fourth-order valence-corrected chi connectivity index (χ4v) is 9.17. The summed E-state index contributed by atoms with van der Waals surface area (Å²) in [6, 6.07) is 64.6. The largest absolute Gasteiger partial charge is 0.457 e. The third-order valence-electron chi connectivity index (χ3n) is 11.9. The molecule has 5 heteroatoms. The summed E-state index contributed by atoms with van der Waals surface area (Å²) in [5, 5.41) is 3.60. The molecular weight excluding hydrogens is 709 g/mol. The van der Waals surface area contributed by atoms with Crippen LogP contribution in [0.4, 0.5) is 0 Å². The maximum absolute atomic E-state index is 6.68. The predicted octanol–water partition coefficient (Wildman–Crippen LogP) is 12.0. The van der Waals surface area contributed by atoms with Crippen LogP contribution in [0.5, 0.6) is 11.5 Å². The van der Waals surface area contributed by atoms with Gasteiger partial charge in [-0.05, 0) is 82.6 Å². The van der Waals surface area contributed by atoms with Gasteiger partial charge in [0.2, 0.25) is 0 Å². The molecule has 1 unspecified atom stereocenters. The minimum absolute atomic E-state index is 0.382. The molecule has 58 heavy (non-hydrogen) atoms. The monoisotopic (exact) mass is 746 g/mol. The lowest BCUT2D eigenvalue weighted by Crippen LogP contribution is -2.36. The fourth-order valence-electron chi connectivity index (χ4n) is 9.17. The molecule has 0 radical (unpaired) electrons. The first kappa shape index (κ1) is 33.9. The van der Waals surface area contributed by atoms with Gasteiger partial charge in [-0.1, -0.05) is 158 Å². The molecule has 5 nitrogen and oxygen atoms in total. The van der Waals surface area contributed by atoms with E-state index in [-0.39, 0.29) is 6.17 Å². The molecule has 3 aliphatic rings. The average Bonchev–Trinajstić information content (AvgIpc) is 3.57. The van der Waals surface area contributed by atoms with Gasteiger partial charge in [-0.25, -0.2) is 9.98 Å². The number of fused-ring (bicyclic) bond motifs is 9. The van der Waals surface area contributed by atoms with Gasteiger partial charge >= 0.3 is 0 Å². The molecule has 1 atom stereocenters. The normalized spacial score (nSPS) is 15.5. The fraction of sp³-hybridized carbons (Fsp3) is 0.0755. The Morgan fingerprint density at radius 1 is 0.448 bits per heavy atom. The van der Waals surface area contributed by atoms with Crippen LogP contribution in [-0.2, 0) is 5.41 Å². The van der Waals surface area contributed by atoms with Gasteiger partial charge in [0.25, 0.3) is 0 Å². The Morgan fingerprint density at radius 2 is 0.983 bits per heavy atom. The number of aryl methyl sites for hydroxylation is 2. The Hall–Kier alpha value is -7.37. The first-order valence-electron chi connectivity index (χ1n) is 19.8. The number of rotatable bonds is 5. The van der Waals surface area contributed by atoms with Gasteiger partial charge in [-0.15, -0.1) is 0 Å². The zero-order chi connectivity index (χ0) is 38.8. The van der Waals surface area contributed by atoms with Crippen molar-refractivity contribution in [3.63, 3.8) is 0 Å². The van der Waals surface area contributed by atoms with E-state index < -0.39 is 5.41 Å². The number of hydrogen-bond donors (Lipinski definition) is 1. The van der Waals surface area contributed by atoms with Gasteiger partial charge in [-0.3, -0.25) is 4.98 Å². The number of nitrogens with one attached hydrogen (secondary N) is 1. The molecule has 1 aliphatic carbocycles. The third kappa shape index (κ3) is 5.35. The Balaban J connectivity index is 0.962. The number of aromatic nitrogens is 1. The van der Waals surface area contributed by atoms with Crippen molar-refractivity contribution < 1.29 is 4.74 Å². The van der Waals surface area contributed by atoms with Crippen molar-refractivity contribution in [1.82, 2.24) is 10.3 Å².